The van der Waals surface area contributed by atoms with Crippen LogP contribution in [0.15, 0.2) is 53.6 Å². The summed E-state index contributed by atoms with van der Waals surface area (Å²) in [4.78, 5) is 24.3. The van der Waals surface area contributed by atoms with Gasteiger partial charge in [0, 0.05) is 6.42 Å². The molecule has 0 spiro atoms. The van der Waals surface area contributed by atoms with E-state index in [1.807, 2.05) is 0 Å². The highest BCUT2D eigenvalue weighted by Gasteiger charge is 2.09. The first-order chi connectivity index (χ1) is 17.6. The number of ether oxygens (including phenoxy) is 2. The summed E-state index contributed by atoms with van der Waals surface area (Å²) in [6, 6.07) is 13.9. The highest BCUT2D eigenvalue weighted by molar-refractivity contribution is 5.91. The second-order valence-electron chi connectivity index (χ2n) is 9.06. The fraction of sp³-hybridized carbons (Fsp3) is 0.500. The Morgan fingerprint density at radius 2 is 1.33 bits per heavy atom. The number of nitrogens with one attached hydrogen (secondary N) is 1. The Balaban J connectivity index is 1.64. The lowest BCUT2D eigenvalue weighted by molar-refractivity contribution is -0.121. The first-order valence-electron chi connectivity index (χ1n) is 13.5. The largest absolute Gasteiger partial charge is 0.494 e. The van der Waals surface area contributed by atoms with Crippen LogP contribution in [0.2, 0.25) is 0 Å². The number of benzene rings is 2. The molecule has 0 aliphatic carbocycles. The molecule has 0 radical (unpaired) electrons. The quantitative estimate of drug-likeness (QED) is 0.0767. The molecule has 0 saturated heterocycles. The van der Waals surface area contributed by atoms with E-state index >= 15 is 0 Å². The lowest BCUT2D eigenvalue weighted by Crippen LogP contribution is -2.16. The van der Waals surface area contributed by atoms with E-state index in [1.54, 1.807) is 54.7 Å². The highest BCUT2D eigenvalue weighted by Crippen LogP contribution is 2.17. The van der Waals surface area contributed by atoms with Crippen molar-refractivity contribution >= 4 is 18.1 Å². The van der Waals surface area contributed by atoms with E-state index in [4.69, 9.17) is 9.47 Å². The van der Waals surface area contributed by atoms with Gasteiger partial charge in [-0.25, -0.2) is 10.2 Å². The Morgan fingerprint density at radius 1 is 0.750 bits per heavy atom. The second-order valence-corrected chi connectivity index (χ2v) is 9.06. The number of hydrogen-bond donors (Lipinski definition) is 1. The van der Waals surface area contributed by atoms with Crippen LogP contribution in [0.3, 0.4) is 0 Å². The SMILES string of the molecule is CCCCCCCCCCCC(=O)N/N=C\c1ccc(OC(=O)c2ccc(OCCCC)cc2)cc1. The van der Waals surface area contributed by atoms with Crippen LogP contribution in [-0.4, -0.2) is 24.7 Å². The van der Waals surface area contributed by atoms with Crippen molar-refractivity contribution in [3.8, 4) is 11.5 Å². The third-order valence-corrected chi connectivity index (χ3v) is 5.86. The standard InChI is InChI=1S/C30H42N2O4/c1-3-5-7-8-9-10-11-12-13-14-29(33)32-31-24-25-15-19-28(20-16-25)36-30(34)26-17-21-27(22-18-26)35-23-6-4-2/h15-22,24H,3-14,23H2,1-2H3,(H,32,33)/b31-24-. The van der Waals surface area contributed by atoms with Gasteiger partial charge in [0.05, 0.1) is 18.4 Å². The van der Waals surface area contributed by atoms with Gasteiger partial charge in [-0.05, 0) is 66.9 Å². The zero-order valence-corrected chi connectivity index (χ0v) is 22.0. The zero-order chi connectivity index (χ0) is 25.8. The van der Waals surface area contributed by atoms with Crippen molar-refractivity contribution in [2.45, 2.75) is 90.9 Å². The third kappa shape index (κ3) is 12.5. The fourth-order valence-corrected chi connectivity index (χ4v) is 3.64. The summed E-state index contributed by atoms with van der Waals surface area (Å²) >= 11 is 0. The molecule has 36 heavy (non-hydrogen) atoms. The molecule has 6 nitrogen and oxygen atoms in total. The van der Waals surface area contributed by atoms with Gasteiger partial charge in [-0.15, -0.1) is 0 Å². The molecule has 0 bridgehead atoms. The number of carbonyl (C=O) groups excluding carboxylic acids is 2. The van der Waals surface area contributed by atoms with E-state index in [9.17, 15) is 9.59 Å². The van der Waals surface area contributed by atoms with Crippen LogP contribution >= 0.6 is 0 Å². The summed E-state index contributed by atoms with van der Waals surface area (Å²) in [6.07, 6.45) is 15.2. The lowest BCUT2D eigenvalue weighted by Gasteiger charge is -2.07. The first-order valence-corrected chi connectivity index (χ1v) is 13.5. The molecule has 0 unspecified atom stereocenters. The van der Waals surface area contributed by atoms with E-state index in [1.165, 1.54) is 44.9 Å². The average Bonchev–Trinajstić information content (AvgIpc) is 2.89. The van der Waals surface area contributed by atoms with E-state index in [2.05, 4.69) is 24.4 Å². The van der Waals surface area contributed by atoms with Crippen LogP contribution in [0.5, 0.6) is 11.5 Å². The Labute approximate surface area is 216 Å². The normalized spacial score (nSPS) is 10.9. The summed E-state index contributed by atoms with van der Waals surface area (Å²) in [6.45, 7) is 5.01. The maximum absolute atomic E-state index is 12.4. The number of esters is 1. The molecule has 0 aliphatic heterocycles. The Hall–Kier alpha value is -3.15. The van der Waals surface area contributed by atoms with E-state index in [0.717, 1.165) is 37.0 Å². The Bertz CT molecular complexity index is 908. The van der Waals surface area contributed by atoms with Crippen LogP contribution in [0.4, 0.5) is 0 Å². The smallest absolute Gasteiger partial charge is 0.343 e. The minimum Gasteiger partial charge on any atom is -0.494 e. The van der Waals surface area contributed by atoms with Gasteiger partial charge in [-0.3, -0.25) is 4.79 Å². The summed E-state index contributed by atoms with van der Waals surface area (Å²) in [5, 5.41) is 4.03. The van der Waals surface area contributed by atoms with Crippen molar-refractivity contribution in [3.05, 3.63) is 59.7 Å². The van der Waals surface area contributed by atoms with Crippen molar-refractivity contribution in [1.29, 1.82) is 0 Å². The van der Waals surface area contributed by atoms with E-state index in [-0.39, 0.29) is 5.91 Å². The minimum atomic E-state index is -0.430. The summed E-state index contributed by atoms with van der Waals surface area (Å²) in [5.74, 6) is 0.681. The molecule has 196 valence electrons. The zero-order valence-electron chi connectivity index (χ0n) is 22.0. The van der Waals surface area contributed by atoms with Crippen molar-refractivity contribution in [3.63, 3.8) is 0 Å². The van der Waals surface area contributed by atoms with E-state index < -0.39 is 5.97 Å². The highest BCUT2D eigenvalue weighted by atomic mass is 16.5. The van der Waals surface area contributed by atoms with Gasteiger partial charge in [0.15, 0.2) is 0 Å². The second kappa shape index (κ2) is 18.2. The molecule has 2 rings (SSSR count). The lowest BCUT2D eigenvalue weighted by atomic mass is 10.1. The van der Waals surface area contributed by atoms with Crippen molar-refractivity contribution < 1.29 is 19.1 Å². The molecule has 0 aromatic heterocycles. The molecule has 2 aromatic carbocycles. The monoisotopic (exact) mass is 494 g/mol. The average molecular weight is 495 g/mol. The number of unbranched alkanes of at least 4 members (excludes halogenated alkanes) is 9. The van der Waals surface area contributed by atoms with Crippen LogP contribution in [0.25, 0.3) is 0 Å². The first kappa shape index (κ1) is 29.1. The van der Waals surface area contributed by atoms with Crippen molar-refractivity contribution in [2.24, 2.45) is 5.10 Å². The molecule has 0 heterocycles. The molecular weight excluding hydrogens is 452 g/mol. The van der Waals surface area contributed by atoms with Crippen molar-refractivity contribution in [2.75, 3.05) is 6.61 Å². The van der Waals surface area contributed by atoms with Gasteiger partial charge in [-0.2, -0.15) is 5.10 Å². The Kier molecular flexibility index (Phi) is 14.7. The molecule has 6 heteroatoms. The third-order valence-electron chi connectivity index (χ3n) is 5.86. The molecular formula is C30H42N2O4. The molecule has 0 aliphatic rings. The number of hydrazone groups is 1. The molecule has 0 atom stereocenters. The number of rotatable bonds is 18. The molecule has 0 saturated carbocycles. The van der Waals surface area contributed by atoms with Crippen molar-refractivity contribution in [1.82, 2.24) is 5.43 Å². The van der Waals surface area contributed by atoms with Gasteiger partial charge < -0.3 is 9.47 Å². The van der Waals surface area contributed by atoms with Gasteiger partial charge in [0.1, 0.15) is 11.5 Å². The van der Waals surface area contributed by atoms with Crippen LogP contribution in [0, 0.1) is 0 Å². The van der Waals surface area contributed by atoms with Crippen LogP contribution < -0.4 is 14.9 Å². The molecule has 1 N–H and O–H groups in total. The summed E-state index contributed by atoms with van der Waals surface area (Å²) in [5.41, 5.74) is 3.83. The van der Waals surface area contributed by atoms with Gasteiger partial charge >= 0.3 is 5.97 Å². The van der Waals surface area contributed by atoms with E-state index in [0.29, 0.717) is 24.3 Å². The predicted octanol–water partition coefficient (Wildman–Crippen LogP) is 7.46. The number of hydrogen-bond acceptors (Lipinski definition) is 5. The number of carbonyl (C=O) groups is 2. The topological polar surface area (TPSA) is 77.0 Å². The number of nitrogens with zero attached hydrogens (tertiary/aromatic N) is 1. The Morgan fingerprint density at radius 3 is 1.97 bits per heavy atom. The van der Waals surface area contributed by atoms with Crippen LogP contribution in [0.1, 0.15) is 107 Å². The number of amides is 1. The maximum Gasteiger partial charge on any atom is 0.343 e. The van der Waals surface area contributed by atoms with Crippen LogP contribution in [-0.2, 0) is 4.79 Å². The predicted molar refractivity (Wildman–Crippen MR) is 146 cm³/mol. The summed E-state index contributed by atoms with van der Waals surface area (Å²) < 4.78 is 11.1. The van der Waals surface area contributed by atoms with Gasteiger partial charge in [0.25, 0.3) is 0 Å². The molecule has 0 fully saturated rings. The molecule has 1 amide bonds. The summed E-state index contributed by atoms with van der Waals surface area (Å²) in [7, 11) is 0. The minimum absolute atomic E-state index is 0.0680. The molecule has 2 aromatic rings. The maximum atomic E-state index is 12.4. The van der Waals surface area contributed by atoms with Gasteiger partial charge in [0.2, 0.25) is 5.91 Å². The van der Waals surface area contributed by atoms with Gasteiger partial charge in [-0.1, -0.05) is 71.6 Å². The fourth-order valence-electron chi connectivity index (χ4n) is 3.64.